The van der Waals surface area contributed by atoms with Gasteiger partial charge in [0.15, 0.2) is 0 Å². The van der Waals surface area contributed by atoms with E-state index >= 15 is 0 Å². The number of rotatable bonds is 4. The molecule has 1 N–H and O–H groups in total. The molecule has 2 aromatic rings. The van der Waals surface area contributed by atoms with Crippen LogP contribution >= 0.6 is 0 Å². The molecule has 0 saturated carbocycles. The standard InChI is InChI=1S/C12H16N4O/c1-4-9(13-3)11-15-16-12(17-11)10-8(2)6-5-7-14-10/h5-7,9,13H,4H2,1-3H3. The Labute approximate surface area is 100 Å². The van der Waals surface area contributed by atoms with Gasteiger partial charge in [-0.25, -0.2) is 0 Å². The fourth-order valence-electron chi connectivity index (χ4n) is 1.68. The fraction of sp³-hybridized carbons (Fsp3) is 0.417. The maximum atomic E-state index is 5.65. The third-order valence-corrected chi connectivity index (χ3v) is 2.71. The SMILES string of the molecule is CCC(NC)c1nnc(-c2ncccc2C)o1. The smallest absolute Gasteiger partial charge is 0.266 e. The third-order valence-electron chi connectivity index (χ3n) is 2.71. The van der Waals surface area contributed by atoms with Crippen molar-refractivity contribution in [2.45, 2.75) is 26.3 Å². The first kappa shape index (κ1) is 11.7. The summed E-state index contributed by atoms with van der Waals surface area (Å²) in [6, 6.07) is 3.96. The van der Waals surface area contributed by atoms with Crippen LogP contribution in [0.2, 0.25) is 0 Å². The van der Waals surface area contributed by atoms with Crippen molar-refractivity contribution >= 4 is 0 Å². The van der Waals surface area contributed by atoms with Gasteiger partial charge in [-0.2, -0.15) is 0 Å². The van der Waals surface area contributed by atoms with Crippen molar-refractivity contribution in [3.8, 4) is 11.6 Å². The van der Waals surface area contributed by atoms with Gasteiger partial charge >= 0.3 is 0 Å². The van der Waals surface area contributed by atoms with Crippen LogP contribution in [-0.2, 0) is 0 Å². The quantitative estimate of drug-likeness (QED) is 0.874. The maximum Gasteiger partial charge on any atom is 0.266 e. The Balaban J connectivity index is 2.33. The van der Waals surface area contributed by atoms with Gasteiger partial charge in [0.05, 0.1) is 6.04 Å². The zero-order chi connectivity index (χ0) is 12.3. The van der Waals surface area contributed by atoms with Gasteiger partial charge < -0.3 is 9.73 Å². The van der Waals surface area contributed by atoms with Gasteiger partial charge in [-0.15, -0.1) is 10.2 Å². The van der Waals surface area contributed by atoms with E-state index in [0.717, 1.165) is 17.7 Å². The Bertz CT molecular complexity index is 491. The van der Waals surface area contributed by atoms with E-state index < -0.39 is 0 Å². The predicted molar refractivity (Wildman–Crippen MR) is 64.4 cm³/mol. The number of nitrogens with one attached hydrogen (secondary N) is 1. The summed E-state index contributed by atoms with van der Waals surface area (Å²) in [4.78, 5) is 4.26. The Morgan fingerprint density at radius 2 is 2.24 bits per heavy atom. The van der Waals surface area contributed by atoms with Crippen molar-refractivity contribution in [1.29, 1.82) is 0 Å². The van der Waals surface area contributed by atoms with Gasteiger partial charge in [0.1, 0.15) is 5.69 Å². The summed E-state index contributed by atoms with van der Waals surface area (Å²) in [5.41, 5.74) is 1.78. The summed E-state index contributed by atoms with van der Waals surface area (Å²) in [5, 5.41) is 11.2. The molecule has 0 aliphatic rings. The average Bonchev–Trinajstić information content (AvgIpc) is 2.81. The second-order valence-electron chi connectivity index (χ2n) is 3.86. The Morgan fingerprint density at radius 1 is 1.41 bits per heavy atom. The highest BCUT2D eigenvalue weighted by Gasteiger charge is 2.17. The van der Waals surface area contributed by atoms with E-state index in [1.165, 1.54) is 0 Å². The summed E-state index contributed by atoms with van der Waals surface area (Å²) < 4.78 is 5.65. The molecule has 5 heteroatoms. The number of pyridine rings is 1. The van der Waals surface area contributed by atoms with E-state index in [1.807, 2.05) is 26.1 Å². The molecule has 0 saturated heterocycles. The highest BCUT2D eigenvalue weighted by molar-refractivity contribution is 5.51. The minimum Gasteiger partial charge on any atom is -0.418 e. The minimum atomic E-state index is 0.0975. The summed E-state index contributed by atoms with van der Waals surface area (Å²) in [6.07, 6.45) is 2.63. The molecule has 1 unspecified atom stereocenters. The number of aromatic nitrogens is 3. The Kier molecular flexibility index (Phi) is 3.49. The monoisotopic (exact) mass is 232 g/mol. The van der Waals surface area contributed by atoms with Gasteiger partial charge in [-0.05, 0) is 32.0 Å². The summed E-state index contributed by atoms with van der Waals surface area (Å²) in [6.45, 7) is 4.04. The highest BCUT2D eigenvalue weighted by Crippen LogP contribution is 2.22. The molecule has 2 heterocycles. The molecule has 1 atom stereocenters. The molecule has 17 heavy (non-hydrogen) atoms. The predicted octanol–water partition coefficient (Wildman–Crippen LogP) is 2.11. The Hall–Kier alpha value is -1.75. The lowest BCUT2D eigenvalue weighted by Gasteiger charge is -2.07. The maximum absolute atomic E-state index is 5.65. The molecular weight excluding hydrogens is 216 g/mol. The molecule has 0 bridgehead atoms. The minimum absolute atomic E-state index is 0.0975. The summed E-state index contributed by atoms with van der Waals surface area (Å²) in [7, 11) is 1.88. The molecule has 0 aliphatic heterocycles. The lowest BCUT2D eigenvalue weighted by atomic mass is 10.2. The molecule has 5 nitrogen and oxygen atoms in total. The molecule has 0 fully saturated rings. The molecule has 90 valence electrons. The molecule has 0 amide bonds. The number of aryl methyl sites for hydroxylation is 1. The number of hydrogen-bond acceptors (Lipinski definition) is 5. The summed E-state index contributed by atoms with van der Waals surface area (Å²) >= 11 is 0. The van der Waals surface area contributed by atoms with Gasteiger partial charge in [-0.1, -0.05) is 13.0 Å². The van der Waals surface area contributed by atoms with Crippen molar-refractivity contribution in [2.24, 2.45) is 0 Å². The normalized spacial score (nSPS) is 12.6. The van der Waals surface area contributed by atoms with Gasteiger partial charge in [0, 0.05) is 6.20 Å². The molecule has 2 rings (SSSR count). The largest absolute Gasteiger partial charge is 0.418 e. The first-order valence-corrected chi connectivity index (χ1v) is 5.69. The van der Waals surface area contributed by atoms with E-state index in [0.29, 0.717) is 11.8 Å². The topological polar surface area (TPSA) is 63.8 Å². The molecule has 0 radical (unpaired) electrons. The van der Waals surface area contributed by atoms with Gasteiger partial charge in [-0.3, -0.25) is 4.98 Å². The van der Waals surface area contributed by atoms with E-state index in [1.54, 1.807) is 6.20 Å². The highest BCUT2D eigenvalue weighted by atomic mass is 16.4. The van der Waals surface area contributed by atoms with E-state index in [4.69, 9.17) is 4.42 Å². The second-order valence-corrected chi connectivity index (χ2v) is 3.86. The van der Waals surface area contributed by atoms with E-state index in [-0.39, 0.29) is 6.04 Å². The first-order chi connectivity index (χ1) is 8.26. The van der Waals surface area contributed by atoms with E-state index in [9.17, 15) is 0 Å². The van der Waals surface area contributed by atoms with E-state index in [2.05, 4.69) is 27.4 Å². The molecule has 2 aromatic heterocycles. The van der Waals surface area contributed by atoms with Crippen molar-refractivity contribution < 1.29 is 4.42 Å². The van der Waals surface area contributed by atoms with Crippen LogP contribution in [0.1, 0.15) is 30.8 Å². The van der Waals surface area contributed by atoms with Gasteiger partial charge in [0.25, 0.3) is 5.89 Å². The zero-order valence-electron chi connectivity index (χ0n) is 10.3. The molecular formula is C12H16N4O. The van der Waals surface area contributed by atoms with Crippen LogP contribution in [0.15, 0.2) is 22.7 Å². The lowest BCUT2D eigenvalue weighted by molar-refractivity contribution is 0.414. The van der Waals surface area contributed by atoms with Crippen LogP contribution < -0.4 is 5.32 Å². The fourth-order valence-corrected chi connectivity index (χ4v) is 1.68. The molecule has 0 aliphatic carbocycles. The van der Waals surface area contributed by atoms with Crippen LogP contribution in [0.3, 0.4) is 0 Å². The van der Waals surface area contributed by atoms with Crippen molar-refractivity contribution in [3.63, 3.8) is 0 Å². The zero-order valence-corrected chi connectivity index (χ0v) is 10.3. The lowest BCUT2D eigenvalue weighted by Crippen LogP contribution is -2.15. The van der Waals surface area contributed by atoms with Crippen LogP contribution in [0.5, 0.6) is 0 Å². The average molecular weight is 232 g/mol. The molecule has 0 spiro atoms. The second kappa shape index (κ2) is 5.05. The molecule has 0 aromatic carbocycles. The van der Waals surface area contributed by atoms with Crippen LogP contribution in [0, 0.1) is 6.92 Å². The number of hydrogen-bond donors (Lipinski definition) is 1. The van der Waals surface area contributed by atoms with Crippen molar-refractivity contribution in [1.82, 2.24) is 20.5 Å². The Morgan fingerprint density at radius 3 is 2.88 bits per heavy atom. The van der Waals surface area contributed by atoms with Crippen LogP contribution in [0.25, 0.3) is 11.6 Å². The van der Waals surface area contributed by atoms with Crippen LogP contribution in [0.4, 0.5) is 0 Å². The summed E-state index contributed by atoms with van der Waals surface area (Å²) in [5.74, 6) is 1.09. The van der Waals surface area contributed by atoms with Crippen molar-refractivity contribution in [2.75, 3.05) is 7.05 Å². The number of nitrogens with zero attached hydrogens (tertiary/aromatic N) is 3. The first-order valence-electron chi connectivity index (χ1n) is 5.69. The van der Waals surface area contributed by atoms with Crippen molar-refractivity contribution in [3.05, 3.63) is 29.8 Å². The van der Waals surface area contributed by atoms with Gasteiger partial charge in [0.2, 0.25) is 5.89 Å². The third kappa shape index (κ3) is 2.34. The van der Waals surface area contributed by atoms with Crippen LogP contribution in [-0.4, -0.2) is 22.2 Å².